The number of benzene rings is 1. The Labute approximate surface area is 77.4 Å². The lowest BCUT2D eigenvalue weighted by atomic mass is 10.1. The molecule has 0 aromatic heterocycles. The Hall–Kier alpha value is -0.920. The fraction of sp³-hybridized carbons (Fsp3) is 0.125. The first-order valence-electron chi connectivity index (χ1n) is 3.18. The van der Waals surface area contributed by atoms with Gasteiger partial charge in [-0.05, 0) is 18.2 Å². The fourth-order valence-electron chi connectivity index (χ4n) is 0.794. The lowest BCUT2D eigenvalue weighted by molar-refractivity contribution is 0.230. The maximum absolute atomic E-state index is 12.9. The number of halogens is 2. The van der Waals surface area contributed by atoms with Crippen LogP contribution in [0.1, 0.15) is 11.7 Å². The Morgan fingerprint density at radius 3 is 2.83 bits per heavy atom. The highest BCUT2D eigenvalue weighted by atomic mass is 79.9. The van der Waals surface area contributed by atoms with Crippen LogP contribution in [0, 0.1) is 17.1 Å². The van der Waals surface area contributed by atoms with Gasteiger partial charge in [0.05, 0.1) is 6.07 Å². The van der Waals surface area contributed by atoms with Gasteiger partial charge in [-0.3, -0.25) is 0 Å². The topological polar surface area (TPSA) is 44.0 Å². The minimum atomic E-state index is -1.40. The standard InChI is InChI=1S/C8H5BrFNO/c9-5-1-2-7(10)6(3-5)8(12)4-11/h1-3,8,12H. The van der Waals surface area contributed by atoms with Crippen LogP contribution in [0.2, 0.25) is 0 Å². The maximum atomic E-state index is 12.9. The summed E-state index contributed by atoms with van der Waals surface area (Å²) in [6, 6.07) is 5.62. The summed E-state index contributed by atoms with van der Waals surface area (Å²) in [5.74, 6) is -0.577. The van der Waals surface area contributed by atoms with E-state index in [0.717, 1.165) is 0 Å². The van der Waals surface area contributed by atoms with Gasteiger partial charge in [0, 0.05) is 10.0 Å². The van der Waals surface area contributed by atoms with E-state index in [2.05, 4.69) is 15.9 Å². The molecule has 1 aromatic carbocycles. The normalized spacial score (nSPS) is 12.2. The molecule has 0 saturated carbocycles. The zero-order chi connectivity index (χ0) is 9.14. The molecule has 0 spiro atoms. The minimum absolute atomic E-state index is 0.00752. The molecule has 1 aromatic rings. The van der Waals surface area contributed by atoms with Crippen LogP contribution in [0.4, 0.5) is 4.39 Å². The van der Waals surface area contributed by atoms with Crippen molar-refractivity contribution in [1.82, 2.24) is 0 Å². The minimum Gasteiger partial charge on any atom is -0.374 e. The third-order valence-corrected chi connectivity index (χ3v) is 1.87. The lowest BCUT2D eigenvalue weighted by Crippen LogP contribution is -1.97. The highest BCUT2D eigenvalue weighted by Crippen LogP contribution is 2.20. The fourth-order valence-corrected chi connectivity index (χ4v) is 1.17. The van der Waals surface area contributed by atoms with E-state index in [-0.39, 0.29) is 5.56 Å². The van der Waals surface area contributed by atoms with Gasteiger partial charge in [-0.25, -0.2) is 4.39 Å². The Morgan fingerprint density at radius 1 is 1.58 bits per heavy atom. The van der Waals surface area contributed by atoms with Gasteiger partial charge >= 0.3 is 0 Å². The van der Waals surface area contributed by atoms with Crippen LogP contribution in [-0.4, -0.2) is 5.11 Å². The van der Waals surface area contributed by atoms with Crippen LogP contribution in [0.25, 0.3) is 0 Å². The van der Waals surface area contributed by atoms with Crippen molar-refractivity contribution in [2.75, 3.05) is 0 Å². The van der Waals surface area contributed by atoms with Gasteiger partial charge in [-0.15, -0.1) is 0 Å². The zero-order valence-electron chi connectivity index (χ0n) is 5.96. The number of nitrogens with zero attached hydrogens (tertiary/aromatic N) is 1. The first kappa shape index (κ1) is 9.17. The smallest absolute Gasteiger partial charge is 0.168 e. The van der Waals surface area contributed by atoms with Crippen LogP contribution < -0.4 is 0 Å². The van der Waals surface area contributed by atoms with E-state index in [4.69, 9.17) is 10.4 Å². The largest absolute Gasteiger partial charge is 0.374 e. The average Bonchev–Trinajstić information content (AvgIpc) is 2.08. The molecule has 1 N–H and O–H groups in total. The van der Waals surface area contributed by atoms with Gasteiger partial charge in [-0.2, -0.15) is 5.26 Å². The molecule has 0 amide bonds. The second-order valence-electron chi connectivity index (χ2n) is 2.20. The summed E-state index contributed by atoms with van der Waals surface area (Å²) in [6.45, 7) is 0. The molecule has 0 saturated heterocycles. The Bertz CT molecular complexity index is 334. The Balaban J connectivity index is 3.15. The monoisotopic (exact) mass is 229 g/mol. The molecule has 1 unspecified atom stereocenters. The molecule has 4 heteroatoms. The number of rotatable bonds is 1. The van der Waals surface area contributed by atoms with Gasteiger partial charge in [0.1, 0.15) is 5.82 Å². The lowest BCUT2D eigenvalue weighted by Gasteiger charge is -2.03. The summed E-state index contributed by atoms with van der Waals surface area (Å²) in [4.78, 5) is 0. The number of hydrogen-bond donors (Lipinski definition) is 1. The van der Waals surface area contributed by atoms with E-state index in [9.17, 15) is 4.39 Å². The van der Waals surface area contributed by atoms with Gasteiger partial charge in [-0.1, -0.05) is 15.9 Å². The van der Waals surface area contributed by atoms with E-state index in [0.29, 0.717) is 4.47 Å². The predicted molar refractivity (Wildman–Crippen MR) is 44.7 cm³/mol. The summed E-state index contributed by atoms with van der Waals surface area (Å²) >= 11 is 3.11. The quantitative estimate of drug-likeness (QED) is 0.751. The number of aliphatic hydroxyl groups excluding tert-OH is 1. The third-order valence-electron chi connectivity index (χ3n) is 1.37. The first-order chi connectivity index (χ1) is 5.65. The first-order valence-corrected chi connectivity index (χ1v) is 3.97. The highest BCUT2D eigenvalue weighted by molar-refractivity contribution is 9.10. The van der Waals surface area contributed by atoms with Crippen molar-refractivity contribution in [3.63, 3.8) is 0 Å². The second kappa shape index (κ2) is 3.65. The van der Waals surface area contributed by atoms with Crippen LogP contribution in [0.5, 0.6) is 0 Å². The van der Waals surface area contributed by atoms with Gasteiger partial charge in [0.25, 0.3) is 0 Å². The Kier molecular flexibility index (Phi) is 2.79. The Morgan fingerprint density at radius 2 is 2.25 bits per heavy atom. The average molecular weight is 230 g/mol. The molecule has 62 valence electrons. The van der Waals surface area contributed by atoms with Crippen LogP contribution in [0.3, 0.4) is 0 Å². The molecule has 0 aliphatic rings. The van der Waals surface area contributed by atoms with E-state index in [1.807, 2.05) is 0 Å². The van der Waals surface area contributed by atoms with Crippen molar-refractivity contribution < 1.29 is 9.50 Å². The molecule has 2 nitrogen and oxygen atoms in total. The maximum Gasteiger partial charge on any atom is 0.168 e. The molecular formula is C8H5BrFNO. The van der Waals surface area contributed by atoms with Crippen molar-refractivity contribution in [2.45, 2.75) is 6.10 Å². The summed E-state index contributed by atoms with van der Waals surface area (Å²) in [7, 11) is 0. The van der Waals surface area contributed by atoms with Gasteiger partial charge < -0.3 is 5.11 Å². The molecule has 0 fully saturated rings. The number of aliphatic hydroxyl groups is 1. The van der Waals surface area contributed by atoms with Crippen molar-refractivity contribution in [2.24, 2.45) is 0 Å². The number of nitriles is 1. The zero-order valence-corrected chi connectivity index (χ0v) is 7.55. The van der Waals surface area contributed by atoms with Gasteiger partial charge in [0.15, 0.2) is 6.10 Å². The molecule has 0 bridgehead atoms. The van der Waals surface area contributed by atoms with Crippen molar-refractivity contribution in [3.8, 4) is 6.07 Å². The molecule has 12 heavy (non-hydrogen) atoms. The van der Waals surface area contributed by atoms with Gasteiger partial charge in [0.2, 0.25) is 0 Å². The van der Waals surface area contributed by atoms with Crippen molar-refractivity contribution >= 4 is 15.9 Å². The van der Waals surface area contributed by atoms with Crippen LogP contribution >= 0.6 is 15.9 Å². The molecule has 1 rings (SSSR count). The van der Waals surface area contributed by atoms with Crippen molar-refractivity contribution in [1.29, 1.82) is 5.26 Å². The summed E-state index contributed by atoms with van der Waals surface area (Å²) < 4.78 is 13.5. The number of hydrogen-bond acceptors (Lipinski definition) is 2. The molecule has 0 radical (unpaired) electrons. The van der Waals surface area contributed by atoms with Crippen molar-refractivity contribution in [3.05, 3.63) is 34.1 Å². The SMILES string of the molecule is N#CC(O)c1cc(Br)ccc1F. The molecular weight excluding hydrogens is 225 g/mol. The van der Waals surface area contributed by atoms with Crippen LogP contribution in [0.15, 0.2) is 22.7 Å². The van der Waals surface area contributed by atoms with E-state index in [1.54, 1.807) is 6.07 Å². The summed E-state index contributed by atoms with van der Waals surface area (Å²) in [5.41, 5.74) is -0.00752. The van der Waals surface area contributed by atoms with E-state index < -0.39 is 11.9 Å². The third kappa shape index (κ3) is 1.81. The molecule has 0 aliphatic heterocycles. The predicted octanol–water partition coefficient (Wildman–Crippen LogP) is 2.15. The summed E-state index contributed by atoms with van der Waals surface area (Å²) in [5, 5.41) is 17.3. The molecule has 0 aliphatic carbocycles. The second-order valence-corrected chi connectivity index (χ2v) is 3.11. The molecule has 0 heterocycles. The van der Waals surface area contributed by atoms with Crippen LogP contribution in [-0.2, 0) is 0 Å². The molecule has 1 atom stereocenters. The highest BCUT2D eigenvalue weighted by Gasteiger charge is 2.11. The van der Waals surface area contributed by atoms with E-state index in [1.165, 1.54) is 18.2 Å². The summed E-state index contributed by atoms with van der Waals surface area (Å²) in [6.07, 6.45) is -1.40. The van der Waals surface area contributed by atoms with E-state index >= 15 is 0 Å².